The molecule has 1 rings (SSSR count). The van der Waals surface area contributed by atoms with E-state index in [-0.39, 0.29) is 13.0 Å². The zero-order valence-electron chi connectivity index (χ0n) is 30.7. The highest BCUT2D eigenvalue weighted by Gasteiger charge is 2.00. The third-order valence-electron chi connectivity index (χ3n) is 7.05. The first-order valence-corrected chi connectivity index (χ1v) is 18.4. The zero-order valence-corrected chi connectivity index (χ0v) is 30.7. The smallest absolute Gasteiger partial charge is 0.305 e. The molecular weight excluding hydrogens is 652 g/mol. The van der Waals surface area contributed by atoms with Gasteiger partial charge in [-0.05, 0) is 30.5 Å². The predicted molar refractivity (Wildman–Crippen MR) is 189 cm³/mol. The first-order chi connectivity index (χ1) is 24.7. The first-order valence-electron chi connectivity index (χ1n) is 18.4. The fourth-order valence-electron chi connectivity index (χ4n) is 4.32. The maximum atomic E-state index is 10.3. The Morgan fingerprint density at radius 3 is 1.12 bits per heavy atom. The van der Waals surface area contributed by atoms with Gasteiger partial charge in [-0.15, -0.1) is 0 Å². The van der Waals surface area contributed by atoms with E-state index in [1.54, 1.807) is 0 Å². The standard InChI is InChI=1S/C37H66O13/c1-2-3-4-5-6-7-8-35-9-11-36(12-10-35)50-34-33-49-32-31-48-30-29-47-28-27-46-26-25-45-24-23-44-22-21-43-20-19-42-18-17-41-16-15-40-14-13-37(38)39/h9-12H,2-8,13-34H2,1H3,(H,38,39). The number of aryl methyl sites for hydroxylation is 1. The second kappa shape index (κ2) is 38.3. The molecule has 1 aromatic carbocycles. The van der Waals surface area contributed by atoms with Gasteiger partial charge in [-0.3, -0.25) is 4.79 Å². The van der Waals surface area contributed by atoms with Crippen LogP contribution in [0.15, 0.2) is 24.3 Å². The third-order valence-corrected chi connectivity index (χ3v) is 7.05. The summed E-state index contributed by atoms with van der Waals surface area (Å²) in [6.45, 7) is 12.2. The van der Waals surface area contributed by atoms with E-state index in [4.69, 9.17) is 57.2 Å². The molecule has 0 aliphatic heterocycles. The molecule has 0 unspecified atom stereocenters. The molecule has 0 saturated heterocycles. The topological polar surface area (TPSA) is 139 Å². The highest BCUT2D eigenvalue weighted by molar-refractivity contribution is 5.66. The number of unbranched alkanes of at least 4 members (excludes halogenated alkanes) is 5. The van der Waals surface area contributed by atoms with Crippen molar-refractivity contribution in [3.63, 3.8) is 0 Å². The van der Waals surface area contributed by atoms with Gasteiger partial charge in [0.25, 0.3) is 0 Å². The van der Waals surface area contributed by atoms with Crippen LogP contribution in [0.5, 0.6) is 5.75 Å². The van der Waals surface area contributed by atoms with Gasteiger partial charge in [0, 0.05) is 0 Å². The van der Waals surface area contributed by atoms with E-state index in [9.17, 15) is 4.79 Å². The molecule has 0 fully saturated rings. The largest absolute Gasteiger partial charge is 0.491 e. The highest BCUT2D eigenvalue weighted by Crippen LogP contribution is 2.15. The van der Waals surface area contributed by atoms with Gasteiger partial charge in [-0.1, -0.05) is 51.2 Å². The quantitative estimate of drug-likeness (QED) is 0.0945. The minimum Gasteiger partial charge on any atom is -0.491 e. The number of hydrogen-bond donors (Lipinski definition) is 1. The number of ether oxygens (including phenoxy) is 11. The SMILES string of the molecule is CCCCCCCCc1ccc(OCCOCCOCCOCCOCCOCCOCCOCCOCCOCCOCCC(=O)O)cc1. The summed E-state index contributed by atoms with van der Waals surface area (Å²) < 4.78 is 60.1. The van der Waals surface area contributed by atoms with Crippen molar-refractivity contribution in [1.29, 1.82) is 0 Å². The van der Waals surface area contributed by atoms with Gasteiger partial charge in [-0.2, -0.15) is 0 Å². The lowest BCUT2D eigenvalue weighted by Gasteiger charge is -2.09. The molecule has 292 valence electrons. The molecule has 13 heteroatoms. The fourth-order valence-corrected chi connectivity index (χ4v) is 4.32. The van der Waals surface area contributed by atoms with Crippen LogP contribution in [0.1, 0.15) is 57.4 Å². The number of aliphatic carboxylic acids is 1. The van der Waals surface area contributed by atoms with Crippen molar-refractivity contribution in [2.24, 2.45) is 0 Å². The van der Waals surface area contributed by atoms with E-state index in [1.165, 1.54) is 44.1 Å². The minimum absolute atomic E-state index is 0.00111. The summed E-state index contributed by atoms with van der Waals surface area (Å²) in [5.74, 6) is 0.00771. The molecule has 0 spiro atoms. The molecule has 0 bridgehead atoms. The summed E-state index contributed by atoms with van der Waals surface area (Å²) in [6, 6.07) is 8.42. The highest BCUT2D eigenvalue weighted by atomic mass is 16.6. The summed E-state index contributed by atoms with van der Waals surface area (Å²) >= 11 is 0. The van der Waals surface area contributed by atoms with Crippen LogP contribution in [0.25, 0.3) is 0 Å². The van der Waals surface area contributed by atoms with Crippen LogP contribution in [0.2, 0.25) is 0 Å². The van der Waals surface area contributed by atoms with Gasteiger partial charge in [0.1, 0.15) is 12.4 Å². The van der Waals surface area contributed by atoms with E-state index >= 15 is 0 Å². The Morgan fingerprint density at radius 2 is 0.760 bits per heavy atom. The van der Waals surface area contributed by atoms with Crippen molar-refractivity contribution >= 4 is 5.97 Å². The van der Waals surface area contributed by atoms with E-state index in [1.807, 2.05) is 12.1 Å². The molecular formula is C37H66O13. The van der Waals surface area contributed by atoms with Crippen molar-refractivity contribution in [2.45, 2.75) is 58.3 Å². The van der Waals surface area contributed by atoms with Crippen molar-refractivity contribution in [1.82, 2.24) is 0 Å². The van der Waals surface area contributed by atoms with Gasteiger partial charge in [-0.25, -0.2) is 0 Å². The van der Waals surface area contributed by atoms with E-state index in [0.717, 1.165) is 12.2 Å². The summed E-state index contributed by atoms with van der Waals surface area (Å²) in [7, 11) is 0. The van der Waals surface area contributed by atoms with Crippen LogP contribution in [0.4, 0.5) is 0 Å². The molecule has 50 heavy (non-hydrogen) atoms. The summed E-state index contributed by atoms with van der Waals surface area (Å²) in [4.78, 5) is 10.3. The van der Waals surface area contributed by atoms with E-state index < -0.39 is 5.97 Å². The molecule has 0 aliphatic carbocycles. The fraction of sp³-hybridized carbons (Fsp3) is 0.811. The average Bonchev–Trinajstić information content (AvgIpc) is 3.12. The Labute approximate surface area is 300 Å². The van der Waals surface area contributed by atoms with Crippen molar-refractivity contribution < 1.29 is 62.0 Å². The minimum atomic E-state index is -0.873. The Balaban J connectivity index is 1.69. The lowest BCUT2D eigenvalue weighted by molar-refractivity contribution is -0.138. The molecule has 1 N–H and O–H groups in total. The predicted octanol–water partition coefficient (Wildman–Crippen LogP) is 4.61. The number of benzene rings is 1. The maximum Gasteiger partial charge on any atom is 0.305 e. The number of rotatable bonds is 41. The number of carboxylic acid groups (broad SMARTS) is 1. The number of carbonyl (C=O) groups is 1. The Kier molecular flexibility index (Phi) is 35.3. The Morgan fingerprint density at radius 1 is 0.440 bits per heavy atom. The summed E-state index contributed by atoms with van der Waals surface area (Å²) in [6.07, 6.45) is 9.06. The van der Waals surface area contributed by atoms with E-state index in [0.29, 0.717) is 132 Å². The summed E-state index contributed by atoms with van der Waals surface area (Å²) in [5.41, 5.74) is 1.37. The lowest BCUT2D eigenvalue weighted by Crippen LogP contribution is -2.15. The average molecular weight is 719 g/mol. The molecule has 0 heterocycles. The van der Waals surface area contributed by atoms with Crippen LogP contribution in [-0.4, -0.2) is 150 Å². The van der Waals surface area contributed by atoms with Crippen LogP contribution in [0.3, 0.4) is 0 Å². The Bertz CT molecular complexity index is 828. The molecule has 0 aliphatic rings. The molecule has 0 atom stereocenters. The molecule has 1 aromatic rings. The van der Waals surface area contributed by atoms with Crippen molar-refractivity contribution in [3.8, 4) is 5.75 Å². The van der Waals surface area contributed by atoms with Crippen molar-refractivity contribution in [2.75, 3.05) is 139 Å². The molecule has 0 radical (unpaired) electrons. The molecule has 13 nitrogen and oxygen atoms in total. The van der Waals surface area contributed by atoms with Crippen molar-refractivity contribution in [3.05, 3.63) is 29.8 Å². The third kappa shape index (κ3) is 34.5. The first kappa shape index (κ1) is 46.1. The van der Waals surface area contributed by atoms with Gasteiger partial charge in [0.2, 0.25) is 0 Å². The van der Waals surface area contributed by atoms with Crippen LogP contribution in [-0.2, 0) is 58.6 Å². The van der Waals surface area contributed by atoms with Crippen LogP contribution < -0.4 is 4.74 Å². The van der Waals surface area contributed by atoms with Crippen LogP contribution in [0, 0.1) is 0 Å². The maximum absolute atomic E-state index is 10.3. The van der Waals surface area contributed by atoms with Gasteiger partial charge in [0.15, 0.2) is 0 Å². The Hall–Kier alpha value is -1.91. The number of hydrogen-bond acceptors (Lipinski definition) is 12. The second-order valence-electron chi connectivity index (χ2n) is 11.3. The van der Waals surface area contributed by atoms with Gasteiger partial charge >= 0.3 is 5.97 Å². The molecule has 0 saturated carbocycles. The van der Waals surface area contributed by atoms with Gasteiger partial charge in [0.05, 0.1) is 139 Å². The molecule has 0 aromatic heterocycles. The normalized spacial score (nSPS) is 11.4. The van der Waals surface area contributed by atoms with Crippen LogP contribution >= 0.6 is 0 Å². The van der Waals surface area contributed by atoms with Gasteiger partial charge < -0.3 is 57.2 Å². The summed E-state index contributed by atoms with van der Waals surface area (Å²) in [5, 5.41) is 8.50. The van der Waals surface area contributed by atoms with E-state index in [2.05, 4.69) is 19.1 Å². The zero-order chi connectivity index (χ0) is 35.8. The monoisotopic (exact) mass is 718 g/mol. The lowest BCUT2D eigenvalue weighted by atomic mass is 10.0. The second-order valence-corrected chi connectivity index (χ2v) is 11.3. The number of carboxylic acids is 1. The molecule has 0 amide bonds.